The van der Waals surface area contributed by atoms with Gasteiger partial charge in [0.15, 0.2) is 0 Å². The average molecular weight is 497 g/mol. The van der Waals surface area contributed by atoms with Crippen molar-refractivity contribution in [3.8, 4) is 0 Å². The maximum absolute atomic E-state index is 2.75. The van der Waals surface area contributed by atoms with Crippen molar-refractivity contribution in [3.05, 3.63) is 11.6 Å². The molecule has 1 heteroatoms. The summed E-state index contributed by atoms with van der Waals surface area (Å²) in [7, 11) is 0. The van der Waals surface area contributed by atoms with Crippen molar-refractivity contribution in [3.63, 3.8) is 0 Å². The first kappa shape index (κ1) is 21.7. The molecule has 0 spiro atoms. The summed E-state index contributed by atoms with van der Waals surface area (Å²) in [6.07, 6.45) is 18.9. The van der Waals surface area contributed by atoms with Gasteiger partial charge in [0, 0.05) is 3.92 Å². The van der Waals surface area contributed by atoms with Crippen LogP contribution in [0.1, 0.15) is 105 Å². The summed E-state index contributed by atoms with van der Waals surface area (Å²) in [4.78, 5) is 0. The smallest absolute Gasteiger partial charge is 0.0147 e. The normalized spacial score (nSPS) is 46.5. The summed E-state index contributed by atoms with van der Waals surface area (Å²) in [5.74, 6) is 5.79. The molecule has 160 valence electrons. The Morgan fingerprint density at radius 1 is 1.00 bits per heavy atom. The SMILES string of the molecule is CC(C)CCC[C@H](C)[C@H]1CC[C@H]2[C@@H]3CC=C4C[C@@H](I)CC[C@]4(C)[C@H]3CC[C@]12C. The van der Waals surface area contributed by atoms with E-state index in [1.54, 1.807) is 0 Å². The monoisotopic (exact) mass is 496 g/mol. The van der Waals surface area contributed by atoms with Gasteiger partial charge in [-0.1, -0.05) is 88.1 Å². The van der Waals surface area contributed by atoms with Gasteiger partial charge in [-0.15, -0.1) is 0 Å². The van der Waals surface area contributed by atoms with Crippen LogP contribution in [0.4, 0.5) is 0 Å². The van der Waals surface area contributed by atoms with Crippen molar-refractivity contribution in [2.45, 2.75) is 109 Å². The van der Waals surface area contributed by atoms with Gasteiger partial charge in [0.1, 0.15) is 0 Å². The molecule has 8 atom stereocenters. The minimum atomic E-state index is 0.548. The topological polar surface area (TPSA) is 0 Å². The molecule has 0 nitrogen and oxygen atoms in total. The maximum atomic E-state index is 2.75. The Balaban J connectivity index is 1.49. The second kappa shape index (κ2) is 8.19. The zero-order valence-electron chi connectivity index (χ0n) is 19.3. The highest BCUT2D eigenvalue weighted by molar-refractivity contribution is 14.1. The lowest BCUT2D eigenvalue weighted by Crippen LogP contribution is -2.50. The Hall–Kier alpha value is 0.470. The van der Waals surface area contributed by atoms with E-state index in [1.165, 1.54) is 70.6 Å². The average Bonchev–Trinajstić information content (AvgIpc) is 2.99. The van der Waals surface area contributed by atoms with Crippen LogP contribution in [0.15, 0.2) is 11.6 Å². The van der Waals surface area contributed by atoms with Crippen LogP contribution in [0.2, 0.25) is 0 Å². The van der Waals surface area contributed by atoms with Crippen LogP contribution in [0.5, 0.6) is 0 Å². The molecule has 0 aliphatic heterocycles. The predicted octanol–water partition coefficient (Wildman–Crippen LogP) is 8.83. The van der Waals surface area contributed by atoms with E-state index in [9.17, 15) is 0 Å². The van der Waals surface area contributed by atoms with Crippen molar-refractivity contribution >= 4 is 22.6 Å². The van der Waals surface area contributed by atoms with Crippen LogP contribution >= 0.6 is 22.6 Å². The zero-order chi connectivity index (χ0) is 20.1. The number of alkyl halides is 1. The largest absolute Gasteiger partial charge is 0.0844 e. The van der Waals surface area contributed by atoms with Gasteiger partial charge < -0.3 is 0 Å². The summed E-state index contributed by atoms with van der Waals surface area (Å²) in [6, 6.07) is 0. The highest BCUT2D eigenvalue weighted by atomic mass is 127. The molecule has 0 bridgehead atoms. The molecule has 0 radical (unpaired) electrons. The Morgan fingerprint density at radius 3 is 2.54 bits per heavy atom. The number of fused-ring (bicyclic) bond motifs is 5. The number of allylic oxidation sites excluding steroid dienone is 2. The molecular weight excluding hydrogens is 451 g/mol. The van der Waals surface area contributed by atoms with Crippen molar-refractivity contribution in [1.82, 2.24) is 0 Å². The Morgan fingerprint density at radius 2 is 1.79 bits per heavy atom. The fourth-order valence-corrected chi connectivity index (χ4v) is 9.43. The fraction of sp³-hybridized carbons (Fsp3) is 0.926. The van der Waals surface area contributed by atoms with Gasteiger partial charge in [0.25, 0.3) is 0 Å². The predicted molar refractivity (Wildman–Crippen MR) is 131 cm³/mol. The molecule has 3 fully saturated rings. The molecule has 4 aliphatic carbocycles. The Bertz CT molecular complexity index is 591. The summed E-state index contributed by atoms with van der Waals surface area (Å²) in [5, 5.41) is 0. The molecular formula is C27H45I. The van der Waals surface area contributed by atoms with Gasteiger partial charge >= 0.3 is 0 Å². The van der Waals surface area contributed by atoms with Crippen molar-refractivity contribution in [2.75, 3.05) is 0 Å². The quantitative estimate of drug-likeness (QED) is 0.203. The number of hydrogen-bond acceptors (Lipinski definition) is 0. The highest BCUT2D eigenvalue weighted by Gasteiger charge is 2.58. The van der Waals surface area contributed by atoms with Gasteiger partial charge in [-0.2, -0.15) is 0 Å². The Labute approximate surface area is 189 Å². The van der Waals surface area contributed by atoms with Gasteiger partial charge in [0.05, 0.1) is 0 Å². The highest BCUT2D eigenvalue weighted by Crippen LogP contribution is 2.67. The molecule has 0 saturated heterocycles. The third kappa shape index (κ3) is 3.66. The van der Waals surface area contributed by atoms with E-state index < -0.39 is 0 Å². The fourth-order valence-electron chi connectivity index (χ4n) is 8.64. The van der Waals surface area contributed by atoms with Gasteiger partial charge in [-0.05, 0) is 97.7 Å². The first-order chi connectivity index (χ1) is 13.3. The molecule has 0 unspecified atom stereocenters. The second-order valence-electron chi connectivity index (χ2n) is 12.1. The zero-order valence-corrected chi connectivity index (χ0v) is 21.4. The molecule has 0 aromatic heterocycles. The third-order valence-corrected chi connectivity index (χ3v) is 11.3. The molecule has 28 heavy (non-hydrogen) atoms. The third-order valence-electron chi connectivity index (χ3n) is 10.2. The Kier molecular flexibility index (Phi) is 6.35. The molecule has 4 aliphatic rings. The van der Waals surface area contributed by atoms with Crippen LogP contribution in [0, 0.1) is 46.3 Å². The van der Waals surface area contributed by atoms with Crippen LogP contribution in [-0.4, -0.2) is 3.92 Å². The second-order valence-corrected chi connectivity index (χ2v) is 13.9. The number of halogens is 1. The minimum Gasteiger partial charge on any atom is -0.0844 e. The number of hydrogen-bond donors (Lipinski definition) is 0. The van der Waals surface area contributed by atoms with E-state index in [4.69, 9.17) is 0 Å². The summed E-state index contributed by atoms with van der Waals surface area (Å²) in [6.45, 7) is 12.8. The van der Waals surface area contributed by atoms with E-state index in [-0.39, 0.29) is 0 Å². The van der Waals surface area contributed by atoms with Gasteiger partial charge in [0.2, 0.25) is 0 Å². The summed E-state index contributed by atoms with van der Waals surface area (Å²) < 4.78 is 0.893. The molecule has 0 aromatic carbocycles. The minimum absolute atomic E-state index is 0.548. The first-order valence-electron chi connectivity index (χ1n) is 12.6. The number of rotatable bonds is 5. The molecule has 0 heterocycles. The standard InChI is InChI=1S/C27H45I/c1-18(2)7-6-8-19(3)23-11-12-24-22-10-9-20-17-21(28)13-15-26(20,4)25(22)14-16-27(23,24)5/h9,18-19,21-25H,6-8,10-17H2,1-5H3/t19-,21-,22-,23+,24-,25-,26-,27+/m0/s1. The summed E-state index contributed by atoms with van der Waals surface area (Å²) >= 11 is 2.71. The van der Waals surface area contributed by atoms with Gasteiger partial charge in [-0.3, -0.25) is 0 Å². The van der Waals surface area contributed by atoms with Gasteiger partial charge in [-0.25, -0.2) is 0 Å². The van der Waals surface area contributed by atoms with Crippen LogP contribution in [0.3, 0.4) is 0 Å². The maximum Gasteiger partial charge on any atom is 0.0147 e. The van der Waals surface area contributed by atoms with E-state index in [0.717, 1.165) is 39.4 Å². The molecule has 0 aromatic rings. The first-order valence-corrected chi connectivity index (χ1v) is 13.8. The van der Waals surface area contributed by atoms with E-state index in [1.807, 2.05) is 5.57 Å². The summed E-state index contributed by atoms with van der Waals surface area (Å²) in [5.41, 5.74) is 3.05. The van der Waals surface area contributed by atoms with Crippen LogP contribution in [0.25, 0.3) is 0 Å². The van der Waals surface area contributed by atoms with Crippen molar-refractivity contribution < 1.29 is 0 Å². The molecule has 3 saturated carbocycles. The molecule has 4 rings (SSSR count). The van der Waals surface area contributed by atoms with E-state index in [0.29, 0.717) is 10.8 Å². The lowest BCUT2D eigenvalue weighted by Gasteiger charge is -2.58. The van der Waals surface area contributed by atoms with Crippen LogP contribution in [-0.2, 0) is 0 Å². The van der Waals surface area contributed by atoms with Crippen molar-refractivity contribution in [1.29, 1.82) is 0 Å². The van der Waals surface area contributed by atoms with E-state index >= 15 is 0 Å². The van der Waals surface area contributed by atoms with Crippen LogP contribution < -0.4 is 0 Å². The van der Waals surface area contributed by atoms with E-state index in [2.05, 4.69) is 63.3 Å². The molecule has 0 N–H and O–H groups in total. The molecule has 0 amide bonds. The lowest BCUT2D eigenvalue weighted by atomic mass is 9.47. The lowest BCUT2D eigenvalue weighted by molar-refractivity contribution is -0.0495. The van der Waals surface area contributed by atoms with Crippen molar-refractivity contribution in [2.24, 2.45) is 46.3 Å².